The van der Waals surface area contributed by atoms with Crippen molar-refractivity contribution in [1.82, 2.24) is 0 Å². The van der Waals surface area contributed by atoms with Crippen molar-refractivity contribution in [3.8, 4) is 11.1 Å². The van der Waals surface area contributed by atoms with E-state index in [4.69, 9.17) is 5.11 Å². The van der Waals surface area contributed by atoms with E-state index in [2.05, 4.69) is 15.9 Å². The fraction of sp³-hybridized carbons (Fsp3) is 0. The van der Waals surface area contributed by atoms with Crippen LogP contribution in [0.15, 0.2) is 34.8 Å². The zero-order valence-corrected chi connectivity index (χ0v) is 10.8. The quantitative estimate of drug-likeness (QED) is 0.894. The van der Waals surface area contributed by atoms with E-state index in [0.717, 1.165) is 30.3 Å². The Bertz CT molecular complexity index is 648. The average Bonchev–Trinajstić information content (AvgIpc) is 2.26. The van der Waals surface area contributed by atoms with Gasteiger partial charge in [-0.2, -0.15) is 0 Å². The summed E-state index contributed by atoms with van der Waals surface area (Å²) in [6.45, 7) is 0. The summed E-state index contributed by atoms with van der Waals surface area (Å²) in [5, 5.41) is 8.68. The molecule has 0 aliphatic rings. The highest BCUT2D eigenvalue weighted by molar-refractivity contribution is 9.10. The van der Waals surface area contributed by atoms with Gasteiger partial charge in [0, 0.05) is 4.47 Å². The predicted octanol–water partition coefficient (Wildman–Crippen LogP) is 4.23. The standard InChI is InChI=1S/C13H6BrF3O2/c14-7-4-10(16)12(11(17)5-7)6-1-2-8(13(18)19)9(15)3-6/h1-5H,(H,18,19). The topological polar surface area (TPSA) is 37.3 Å². The van der Waals surface area contributed by atoms with Crippen LogP contribution in [0.4, 0.5) is 13.2 Å². The lowest BCUT2D eigenvalue weighted by Crippen LogP contribution is -2.01. The number of carboxylic acids is 1. The van der Waals surface area contributed by atoms with Crippen molar-refractivity contribution in [2.45, 2.75) is 0 Å². The smallest absolute Gasteiger partial charge is 0.338 e. The van der Waals surface area contributed by atoms with E-state index < -0.39 is 34.5 Å². The minimum atomic E-state index is -1.44. The molecule has 0 amide bonds. The Labute approximate surface area is 114 Å². The van der Waals surface area contributed by atoms with E-state index in [-0.39, 0.29) is 10.0 Å². The number of halogens is 4. The fourth-order valence-corrected chi connectivity index (χ4v) is 2.06. The van der Waals surface area contributed by atoms with Crippen LogP contribution in [-0.4, -0.2) is 11.1 Å². The van der Waals surface area contributed by atoms with Gasteiger partial charge in [-0.3, -0.25) is 0 Å². The summed E-state index contributed by atoms with van der Waals surface area (Å²) >= 11 is 2.93. The van der Waals surface area contributed by atoms with E-state index in [1.807, 2.05) is 0 Å². The van der Waals surface area contributed by atoms with Gasteiger partial charge < -0.3 is 5.11 Å². The number of benzene rings is 2. The molecule has 1 N–H and O–H groups in total. The maximum atomic E-state index is 13.7. The van der Waals surface area contributed by atoms with Crippen LogP contribution in [0.1, 0.15) is 10.4 Å². The Kier molecular flexibility index (Phi) is 3.61. The molecular formula is C13H6BrF3O2. The summed E-state index contributed by atoms with van der Waals surface area (Å²) in [5.41, 5.74) is -1.02. The third kappa shape index (κ3) is 2.63. The molecule has 0 spiro atoms. The van der Waals surface area contributed by atoms with Crippen LogP contribution in [0, 0.1) is 17.5 Å². The van der Waals surface area contributed by atoms with Crippen molar-refractivity contribution in [2.75, 3.05) is 0 Å². The van der Waals surface area contributed by atoms with Crippen LogP contribution < -0.4 is 0 Å². The summed E-state index contributed by atoms with van der Waals surface area (Å²) in [6.07, 6.45) is 0. The van der Waals surface area contributed by atoms with Crippen LogP contribution in [0.25, 0.3) is 11.1 Å². The second-order valence-corrected chi connectivity index (χ2v) is 4.66. The number of carboxylic acid groups (broad SMARTS) is 1. The highest BCUT2D eigenvalue weighted by atomic mass is 79.9. The molecule has 2 aromatic rings. The molecule has 0 unspecified atom stereocenters. The van der Waals surface area contributed by atoms with Gasteiger partial charge in [-0.15, -0.1) is 0 Å². The zero-order chi connectivity index (χ0) is 14.2. The van der Waals surface area contributed by atoms with Gasteiger partial charge in [0.05, 0.1) is 11.1 Å². The summed E-state index contributed by atoms with van der Waals surface area (Å²) < 4.78 is 41.1. The predicted molar refractivity (Wildman–Crippen MR) is 66.4 cm³/mol. The summed E-state index contributed by atoms with van der Waals surface area (Å²) in [5.74, 6) is -4.23. The maximum absolute atomic E-state index is 13.7. The van der Waals surface area contributed by atoms with Crippen molar-refractivity contribution in [1.29, 1.82) is 0 Å². The Balaban J connectivity index is 2.61. The number of hydrogen-bond donors (Lipinski definition) is 1. The molecule has 6 heteroatoms. The monoisotopic (exact) mass is 330 g/mol. The first-order chi connectivity index (χ1) is 8.90. The largest absolute Gasteiger partial charge is 0.478 e. The zero-order valence-electron chi connectivity index (χ0n) is 9.25. The molecule has 0 saturated carbocycles. The molecule has 0 radical (unpaired) electrons. The Hall–Kier alpha value is -1.82. The van der Waals surface area contributed by atoms with Gasteiger partial charge in [0.1, 0.15) is 17.5 Å². The van der Waals surface area contributed by atoms with Crippen LogP contribution >= 0.6 is 15.9 Å². The number of carbonyl (C=O) groups is 1. The van der Waals surface area contributed by atoms with E-state index in [1.165, 1.54) is 0 Å². The average molecular weight is 331 g/mol. The first-order valence-corrected chi connectivity index (χ1v) is 5.87. The van der Waals surface area contributed by atoms with Crippen molar-refractivity contribution < 1.29 is 23.1 Å². The number of hydrogen-bond acceptors (Lipinski definition) is 1. The van der Waals surface area contributed by atoms with Gasteiger partial charge in [-0.05, 0) is 29.8 Å². The SMILES string of the molecule is O=C(O)c1ccc(-c2c(F)cc(Br)cc2F)cc1F. The van der Waals surface area contributed by atoms with Crippen LogP contribution in [-0.2, 0) is 0 Å². The molecular weight excluding hydrogens is 325 g/mol. The lowest BCUT2D eigenvalue weighted by Gasteiger charge is -2.07. The van der Waals surface area contributed by atoms with Gasteiger partial charge in [0.25, 0.3) is 0 Å². The van der Waals surface area contributed by atoms with Gasteiger partial charge in [0.2, 0.25) is 0 Å². The minimum Gasteiger partial charge on any atom is -0.478 e. The van der Waals surface area contributed by atoms with Crippen molar-refractivity contribution in [3.63, 3.8) is 0 Å². The van der Waals surface area contributed by atoms with Crippen LogP contribution in [0.3, 0.4) is 0 Å². The second kappa shape index (κ2) is 5.05. The first kappa shape index (κ1) is 13.6. The molecule has 0 fully saturated rings. The first-order valence-electron chi connectivity index (χ1n) is 5.08. The Morgan fingerprint density at radius 2 is 1.58 bits per heavy atom. The van der Waals surface area contributed by atoms with Gasteiger partial charge in [0.15, 0.2) is 0 Å². The minimum absolute atomic E-state index is 0.0648. The van der Waals surface area contributed by atoms with E-state index in [1.54, 1.807) is 0 Å². The summed E-state index contributed by atoms with van der Waals surface area (Å²) in [7, 11) is 0. The van der Waals surface area contributed by atoms with Gasteiger partial charge in [-0.25, -0.2) is 18.0 Å². The van der Waals surface area contributed by atoms with Gasteiger partial charge >= 0.3 is 5.97 Å². The molecule has 0 atom stereocenters. The maximum Gasteiger partial charge on any atom is 0.338 e. The lowest BCUT2D eigenvalue weighted by molar-refractivity contribution is 0.0692. The van der Waals surface area contributed by atoms with E-state index in [0.29, 0.717) is 0 Å². The third-order valence-electron chi connectivity index (χ3n) is 2.50. The second-order valence-electron chi connectivity index (χ2n) is 3.74. The highest BCUT2D eigenvalue weighted by Gasteiger charge is 2.16. The van der Waals surface area contributed by atoms with Crippen LogP contribution in [0.5, 0.6) is 0 Å². The molecule has 2 nitrogen and oxygen atoms in total. The molecule has 0 aromatic heterocycles. The van der Waals surface area contributed by atoms with Crippen LogP contribution in [0.2, 0.25) is 0 Å². The summed E-state index contributed by atoms with van der Waals surface area (Å²) in [4.78, 5) is 10.7. The lowest BCUT2D eigenvalue weighted by atomic mass is 10.0. The molecule has 19 heavy (non-hydrogen) atoms. The molecule has 0 heterocycles. The molecule has 0 aliphatic carbocycles. The van der Waals surface area contributed by atoms with E-state index in [9.17, 15) is 18.0 Å². The Morgan fingerprint density at radius 3 is 2.05 bits per heavy atom. The number of rotatable bonds is 2. The van der Waals surface area contributed by atoms with Crippen molar-refractivity contribution in [2.24, 2.45) is 0 Å². The molecule has 98 valence electrons. The third-order valence-corrected chi connectivity index (χ3v) is 2.95. The molecule has 0 bridgehead atoms. The van der Waals surface area contributed by atoms with Crippen molar-refractivity contribution in [3.05, 3.63) is 57.8 Å². The number of aromatic carboxylic acids is 1. The normalized spacial score (nSPS) is 10.5. The fourth-order valence-electron chi connectivity index (χ4n) is 1.66. The highest BCUT2D eigenvalue weighted by Crippen LogP contribution is 2.30. The summed E-state index contributed by atoms with van der Waals surface area (Å²) in [6, 6.07) is 5.00. The molecule has 2 rings (SSSR count). The molecule has 0 saturated heterocycles. The van der Waals surface area contributed by atoms with E-state index >= 15 is 0 Å². The molecule has 0 aliphatic heterocycles. The van der Waals surface area contributed by atoms with Gasteiger partial charge in [-0.1, -0.05) is 22.0 Å². The van der Waals surface area contributed by atoms with Crippen molar-refractivity contribution >= 4 is 21.9 Å². The molecule has 2 aromatic carbocycles. The Morgan fingerprint density at radius 1 is 1.00 bits per heavy atom.